The number of rotatable bonds is 2. The molecule has 1 aliphatic rings. The summed E-state index contributed by atoms with van der Waals surface area (Å²) in [6.45, 7) is 4.36. The van der Waals surface area contributed by atoms with E-state index in [1.807, 2.05) is 0 Å². The smallest absolute Gasteiger partial charge is 0.0893 e. The predicted molar refractivity (Wildman–Crippen MR) is 84.4 cm³/mol. The Kier molecular flexibility index (Phi) is 3.45. The summed E-state index contributed by atoms with van der Waals surface area (Å²) in [7, 11) is 1.80. The fourth-order valence-electron chi connectivity index (χ4n) is 3.07. The van der Waals surface area contributed by atoms with Gasteiger partial charge in [-0.2, -0.15) is 0 Å². The van der Waals surface area contributed by atoms with Crippen molar-refractivity contribution in [3.8, 4) is 0 Å². The lowest BCUT2D eigenvalue weighted by Crippen LogP contribution is -2.04. The van der Waals surface area contributed by atoms with Gasteiger partial charge in [-0.3, -0.25) is 0 Å². The molecule has 1 aliphatic carbocycles. The van der Waals surface area contributed by atoms with Gasteiger partial charge in [0, 0.05) is 13.0 Å². The first-order valence-electron chi connectivity index (χ1n) is 7.11. The lowest BCUT2D eigenvalue weighted by Gasteiger charge is -2.15. The Morgan fingerprint density at radius 2 is 1.70 bits per heavy atom. The number of hydrogen-bond acceptors (Lipinski definition) is 1. The Morgan fingerprint density at radius 3 is 2.40 bits per heavy atom. The van der Waals surface area contributed by atoms with Gasteiger partial charge in [-0.1, -0.05) is 67.1 Å². The zero-order valence-electron chi connectivity index (χ0n) is 12.3. The molecule has 2 aromatic rings. The Bertz CT molecular complexity index is 637. The molecule has 2 atom stereocenters. The molecule has 2 unspecified atom stereocenters. The molecule has 0 radical (unpaired) electrons. The van der Waals surface area contributed by atoms with Gasteiger partial charge in [0.2, 0.25) is 0 Å². The maximum absolute atomic E-state index is 5.70. The summed E-state index contributed by atoms with van der Waals surface area (Å²) in [6.07, 6.45) is 2.46. The molecular weight excluding hydrogens is 244 g/mol. The van der Waals surface area contributed by atoms with Crippen LogP contribution in [0.15, 0.2) is 48.5 Å². The lowest BCUT2D eigenvalue weighted by molar-refractivity contribution is 0.0833. The highest BCUT2D eigenvalue weighted by Gasteiger charge is 2.33. The average Bonchev–Trinajstić information content (AvgIpc) is 2.74. The number of ether oxygens (including phenoxy) is 1. The fraction of sp³-hybridized carbons (Fsp3) is 0.263. The molecule has 0 saturated carbocycles. The maximum Gasteiger partial charge on any atom is 0.0893 e. The van der Waals surface area contributed by atoms with Crippen molar-refractivity contribution in [1.82, 2.24) is 0 Å². The largest absolute Gasteiger partial charge is 0.376 e. The summed E-state index contributed by atoms with van der Waals surface area (Å²) in [6, 6.07) is 17.2. The predicted octanol–water partition coefficient (Wildman–Crippen LogP) is 4.87. The van der Waals surface area contributed by atoms with Crippen LogP contribution in [0.25, 0.3) is 11.6 Å². The molecule has 0 heterocycles. The van der Waals surface area contributed by atoms with E-state index in [-0.39, 0.29) is 6.10 Å². The minimum atomic E-state index is 0.169. The highest BCUT2D eigenvalue weighted by Crippen LogP contribution is 2.46. The third-order valence-electron chi connectivity index (χ3n) is 4.18. The number of fused-ring (bicyclic) bond motifs is 1. The van der Waals surface area contributed by atoms with Gasteiger partial charge in [0.25, 0.3) is 0 Å². The van der Waals surface area contributed by atoms with Gasteiger partial charge >= 0.3 is 0 Å². The van der Waals surface area contributed by atoms with Crippen LogP contribution in [0.5, 0.6) is 0 Å². The van der Waals surface area contributed by atoms with Crippen LogP contribution in [0.2, 0.25) is 0 Å². The molecular formula is C19H20O. The van der Waals surface area contributed by atoms with Crippen molar-refractivity contribution in [3.05, 3.63) is 70.8 Å². The summed E-state index contributed by atoms with van der Waals surface area (Å²) in [4.78, 5) is 0. The van der Waals surface area contributed by atoms with Crippen LogP contribution < -0.4 is 0 Å². The van der Waals surface area contributed by atoms with Gasteiger partial charge in [0.15, 0.2) is 0 Å². The summed E-state index contributed by atoms with van der Waals surface area (Å²) in [5.41, 5.74) is 6.55. The Balaban J connectivity index is 2.07. The van der Waals surface area contributed by atoms with Crippen molar-refractivity contribution in [2.24, 2.45) is 5.92 Å². The summed E-state index contributed by atoms with van der Waals surface area (Å²) < 4.78 is 5.70. The van der Waals surface area contributed by atoms with E-state index in [2.05, 4.69) is 68.5 Å². The molecule has 0 bridgehead atoms. The van der Waals surface area contributed by atoms with Gasteiger partial charge in [-0.15, -0.1) is 0 Å². The van der Waals surface area contributed by atoms with Crippen molar-refractivity contribution < 1.29 is 4.74 Å². The summed E-state index contributed by atoms with van der Waals surface area (Å²) in [5.74, 6) is 0.388. The molecule has 1 heteroatoms. The van der Waals surface area contributed by atoms with Crippen LogP contribution in [0.3, 0.4) is 0 Å². The molecule has 0 N–H and O–H groups in total. The topological polar surface area (TPSA) is 9.23 Å². The number of hydrogen-bond donors (Lipinski definition) is 0. The van der Waals surface area contributed by atoms with E-state index in [0.29, 0.717) is 5.92 Å². The SMILES string of the molecule is COC1c2ccccc2C(=Cc2ccc(C)cc2)C1C. The number of aryl methyl sites for hydroxylation is 1. The molecule has 0 aromatic heterocycles. The maximum atomic E-state index is 5.70. The minimum absolute atomic E-state index is 0.169. The second-order valence-electron chi connectivity index (χ2n) is 5.54. The molecule has 0 saturated heterocycles. The monoisotopic (exact) mass is 264 g/mol. The first kappa shape index (κ1) is 13.1. The Morgan fingerprint density at radius 1 is 1.00 bits per heavy atom. The van der Waals surface area contributed by atoms with Crippen LogP contribution in [0.1, 0.15) is 35.3 Å². The van der Waals surface area contributed by atoms with Gasteiger partial charge in [-0.05, 0) is 29.2 Å². The first-order valence-corrected chi connectivity index (χ1v) is 7.11. The fourth-order valence-corrected chi connectivity index (χ4v) is 3.07. The van der Waals surface area contributed by atoms with E-state index in [1.165, 1.54) is 27.8 Å². The van der Waals surface area contributed by atoms with E-state index in [9.17, 15) is 0 Å². The van der Waals surface area contributed by atoms with Crippen molar-refractivity contribution >= 4 is 11.6 Å². The van der Waals surface area contributed by atoms with Crippen LogP contribution in [-0.2, 0) is 4.74 Å². The Labute approximate surface area is 120 Å². The second-order valence-corrected chi connectivity index (χ2v) is 5.54. The van der Waals surface area contributed by atoms with Crippen molar-refractivity contribution in [3.63, 3.8) is 0 Å². The van der Waals surface area contributed by atoms with Gasteiger partial charge < -0.3 is 4.74 Å². The van der Waals surface area contributed by atoms with Crippen molar-refractivity contribution in [2.45, 2.75) is 20.0 Å². The zero-order chi connectivity index (χ0) is 14.1. The van der Waals surface area contributed by atoms with Crippen molar-refractivity contribution in [1.29, 1.82) is 0 Å². The molecule has 0 spiro atoms. The third-order valence-corrected chi connectivity index (χ3v) is 4.18. The van der Waals surface area contributed by atoms with E-state index < -0.39 is 0 Å². The molecule has 20 heavy (non-hydrogen) atoms. The van der Waals surface area contributed by atoms with Crippen LogP contribution in [0.4, 0.5) is 0 Å². The zero-order valence-corrected chi connectivity index (χ0v) is 12.3. The van der Waals surface area contributed by atoms with Gasteiger partial charge in [-0.25, -0.2) is 0 Å². The Hall–Kier alpha value is -1.86. The molecule has 0 aliphatic heterocycles. The highest BCUT2D eigenvalue weighted by molar-refractivity contribution is 5.87. The first-order chi connectivity index (χ1) is 9.70. The lowest BCUT2D eigenvalue weighted by atomic mass is 9.97. The number of benzene rings is 2. The number of methoxy groups -OCH3 is 1. The van der Waals surface area contributed by atoms with E-state index in [4.69, 9.17) is 4.74 Å². The molecule has 0 fully saturated rings. The van der Waals surface area contributed by atoms with Crippen molar-refractivity contribution in [2.75, 3.05) is 7.11 Å². The van der Waals surface area contributed by atoms with Crippen LogP contribution >= 0.6 is 0 Å². The quantitative estimate of drug-likeness (QED) is 0.751. The van der Waals surface area contributed by atoms with E-state index in [0.717, 1.165) is 0 Å². The highest BCUT2D eigenvalue weighted by atomic mass is 16.5. The molecule has 3 rings (SSSR count). The molecule has 2 aromatic carbocycles. The van der Waals surface area contributed by atoms with Gasteiger partial charge in [0.1, 0.15) is 0 Å². The third kappa shape index (κ3) is 2.19. The minimum Gasteiger partial charge on any atom is -0.376 e. The molecule has 1 nitrogen and oxygen atoms in total. The second kappa shape index (κ2) is 5.26. The van der Waals surface area contributed by atoms with Crippen LogP contribution in [0, 0.1) is 12.8 Å². The van der Waals surface area contributed by atoms with Gasteiger partial charge in [0.05, 0.1) is 6.10 Å². The van der Waals surface area contributed by atoms with Crippen LogP contribution in [-0.4, -0.2) is 7.11 Å². The van der Waals surface area contributed by atoms with E-state index >= 15 is 0 Å². The average molecular weight is 264 g/mol. The molecule has 102 valence electrons. The normalized spacial score (nSPS) is 23.1. The summed E-state index contributed by atoms with van der Waals surface area (Å²) in [5, 5.41) is 0. The van der Waals surface area contributed by atoms with E-state index in [1.54, 1.807) is 7.11 Å². The standard InChI is InChI=1S/C19H20O/c1-13-8-10-15(11-9-13)12-18-14(2)19(20-3)17-7-5-4-6-16(17)18/h4-12,14,19H,1-3H3. The summed E-state index contributed by atoms with van der Waals surface area (Å²) >= 11 is 0. The molecule has 0 amide bonds.